The van der Waals surface area contributed by atoms with Crippen molar-refractivity contribution >= 4 is 43.6 Å². The third kappa shape index (κ3) is 4.87. The average Bonchev–Trinajstić information content (AvgIpc) is 3.72. The number of benzene rings is 8. The Balaban J connectivity index is 1.04. The molecule has 10 aromatic rings. The highest BCUT2D eigenvalue weighted by atomic mass is 15.0. The SMILES string of the molecule is c1ccc(C(c2ccc(-c3ccc4c(c3)c3ccccc3n4-c3ccccc3)cc2)c2ccc(-n3c4ccccc4c4ccccc43)cc2)cc1. The molecule has 2 nitrogen and oxygen atoms in total. The summed E-state index contributed by atoms with van der Waals surface area (Å²) >= 11 is 0. The van der Waals surface area contributed by atoms with Crippen molar-refractivity contribution in [3.63, 3.8) is 0 Å². The van der Waals surface area contributed by atoms with Gasteiger partial charge in [0.15, 0.2) is 0 Å². The van der Waals surface area contributed by atoms with Crippen LogP contribution in [-0.4, -0.2) is 9.13 Å². The van der Waals surface area contributed by atoms with Crippen LogP contribution < -0.4 is 0 Å². The first-order chi connectivity index (χ1) is 25.3. The van der Waals surface area contributed by atoms with E-state index in [1.807, 2.05) is 0 Å². The van der Waals surface area contributed by atoms with Crippen molar-refractivity contribution in [1.82, 2.24) is 9.13 Å². The molecule has 2 heteroatoms. The average molecular weight is 651 g/mol. The molecule has 0 amide bonds. The number of fused-ring (bicyclic) bond motifs is 6. The molecule has 0 bridgehead atoms. The normalized spacial score (nSPS) is 12.2. The van der Waals surface area contributed by atoms with E-state index in [0.29, 0.717) is 0 Å². The lowest BCUT2D eigenvalue weighted by Crippen LogP contribution is -2.04. The zero-order chi connectivity index (χ0) is 33.7. The summed E-state index contributed by atoms with van der Waals surface area (Å²) < 4.78 is 4.75. The Kier molecular flexibility index (Phi) is 6.92. The Labute approximate surface area is 297 Å². The molecule has 2 aromatic heterocycles. The van der Waals surface area contributed by atoms with Crippen LogP contribution in [0.3, 0.4) is 0 Å². The van der Waals surface area contributed by atoms with E-state index in [0.717, 1.165) is 0 Å². The summed E-state index contributed by atoms with van der Waals surface area (Å²) in [6.07, 6.45) is 0. The van der Waals surface area contributed by atoms with Gasteiger partial charge in [0.1, 0.15) is 0 Å². The van der Waals surface area contributed by atoms with Crippen LogP contribution in [0.25, 0.3) is 66.1 Å². The molecule has 1 atom stereocenters. The molecule has 0 N–H and O–H groups in total. The molecule has 0 saturated heterocycles. The Hall–Kier alpha value is -6.64. The minimum absolute atomic E-state index is 0.110. The van der Waals surface area contributed by atoms with Crippen LogP contribution in [0.15, 0.2) is 200 Å². The minimum atomic E-state index is 0.110. The Morgan fingerprint density at radius 1 is 0.275 bits per heavy atom. The van der Waals surface area contributed by atoms with Gasteiger partial charge in [0, 0.05) is 38.8 Å². The summed E-state index contributed by atoms with van der Waals surface area (Å²) in [5.74, 6) is 0.110. The molecule has 0 radical (unpaired) electrons. The molecule has 51 heavy (non-hydrogen) atoms. The second-order valence-corrected chi connectivity index (χ2v) is 13.3. The molecule has 10 rings (SSSR count). The van der Waals surface area contributed by atoms with E-state index in [-0.39, 0.29) is 5.92 Å². The van der Waals surface area contributed by atoms with Gasteiger partial charge < -0.3 is 9.13 Å². The van der Waals surface area contributed by atoms with Gasteiger partial charge in [0.25, 0.3) is 0 Å². The number of hydrogen-bond acceptors (Lipinski definition) is 0. The van der Waals surface area contributed by atoms with Crippen molar-refractivity contribution in [2.24, 2.45) is 0 Å². The van der Waals surface area contributed by atoms with Crippen molar-refractivity contribution in [2.75, 3.05) is 0 Å². The first kappa shape index (κ1) is 29.3. The molecule has 240 valence electrons. The fourth-order valence-electron chi connectivity index (χ4n) is 8.12. The maximum Gasteiger partial charge on any atom is 0.0541 e. The lowest BCUT2D eigenvalue weighted by Gasteiger charge is -2.20. The Morgan fingerprint density at radius 2 is 0.667 bits per heavy atom. The first-order valence-corrected chi connectivity index (χ1v) is 17.6. The van der Waals surface area contributed by atoms with Crippen LogP contribution in [0.2, 0.25) is 0 Å². The third-order valence-electron chi connectivity index (χ3n) is 10.5. The lowest BCUT2D eigenvalue weighted by molar-refractivity contribution is 0.975. The van der Waals surface area contributed by atoms with Gasteiger partial charge in [-0.05, 0) is 82.4 Å². The highest BCUT2D eigenvalue weighted by Gasteiger charge is 2.19. The Bertz CT molecular complexity index is 2770. The van der Waals surface area contributed by atoms with Gasteiger partial charge in [-0.15, -0.1) is 0 Å². The standard InChI is InChI=1S/C49H34N2/c1-3-13-35(14-4-1)49(37-27-30-40(31-28-37)51-45-20-10-7-17-41(45)42-18-8-11-21-46(42)51)36-25-23-34(24-26-36)38-29-32-48-44(33-38)43-19-9-12-22-47(43)50(48)39-15-5-2-6-16-39/h1-33,49H. The minimum Gasteiger partial charge on any atom is -0.309 e. The van der Waals surface area contributed by atoms with Gasteiger partial charge in [-0.3, -0.25) is 0 Å². The summed E-state index contributed by atoms with van der Waals surface area (Å²) in [5.41, 5.74) is 13.5. The third-order valence-corrected chi connectivity index (χ3v) is 10.5. The Morgan fingerprint density at radius 3 is 1.24 bits per heavy atom. The van der Waals surface area contributed by atoms with E-state index in [1.165, 1.54) is 82.8 Å². The molecule has 0 spiro atoms. The fourth-order valence-corrected chi connectivity index (χ4v) is 8.12. The predicted molar refractivity (Wildman–Crippen MR) is 214 cm³/mol. The molecule has 2 heterocycles. The highest BCUT2D eigenvalue weighted by molar-refractivity contribution is 6.11. The zero-order valence-electron chi connectivity index (χ0n) is 28.0. The van der Waals surface area contributed by atoms with E-state index < -0.39 is 0 Å². The number of para-hydroxylation sites is 4. The molecule has 8 aromatic carbocycles. The summed E-state index contributed by atoms with van der Waals surface area (Å²) in [7, 11) is 0. The van der Waals surface area contributed by atoms with Crippen molar-refractivity contribution in [2.45, 2.75) is 5.92 Å². The van der Waals surface area contributed by atoms with E-state index in [9.17, 15) is 0 Å². The van der Waals surface area contributed by atoms with Gasteiger partial charge in [-0.2, -0.15) is 0 Å². The van der Waals surface area contributed by atoms with Crippen molar-refractivity contribution < 1.29 is 0 Å². The van der Waals surface area contributed by atoms with Crippen molar-refractivity contribution in [1.29, 1.82) is 0 Å². The van der Waals surface area contributed by atoms with Crippen LogP contribution in [0, 0.1) is 0 Å². The van der Waals surface area contributed by atoms with Gasteiger partial charge in [0.2, 0.25) is 0 Å². The van der Waals surface area contributed by atoms with E-state index >= 15 is 0 Å². The second kappa shape index (κ2) is 12.0. The van der Waals surface area contributed by atoms with Crippen molar-refractivity contribution in [3.05, 3.63) is 217 Å². The van der Waals surface area contributed by atoms with E-state index in [2.05, 4.69) is 209 Å². The van der Waals surface area contributed by atoms with Gasteiger partial charge >= 0.3 is 0 Å². The number of aromatic nitrogens is 2. The molecular weight excluding hydrogens is 617 g/mol. The van der Waals surface area contributed by atoms with Crippen LogP contribution in [-0.2, 0) is 0 Å². The lowest BCUT2D eigenvalue weighted by atomic mass is 9.84. The summed E-state index contributed by atoms with van der Waals surface area (Å²) in [6, 6.07) is 72.9. The van der Waals surface area contributed by atoms with Crippen LogP contribution in [0.4, 0.5) is 0 Å². The molecular formula is C49H34N2. The van der Waals surface area contributed by atoms with Gasteiger partial charge in [0.05, 0.1) is 22.1 Å². The molecule has 0 saturated carbocycles. The molecule has 0 fully saturated rings. The fraction of sp³-hybridized carbons (Fsp3) is 0.0204. The zero-order valence-corrected chi connectivity index (χ0v) is 28.0. The number of nitrogens with zero attached hydrogens (tertiary/aromatic N) is 2. The number of rotatable bonds is 6. The largest absolute Gasteiger partial charge is 0.309 e. The maximum atomic E-state index is 2.38. The van der Waals surface area contributed by atoms with Crippen molar-refractivity contribution in [3.8, 4) is 22.5 Å². The van der Waals surface area contributed by atoms with Crippen LogP contribution in [0.5, 0.6) is 0 Å². The summed E-state index contributed by atoms with van der Waals surface area (Å²) in [4.78, 5) is 0. The smallest absolute Gasteiger partial charge is 0.0541 e. The maximum absolute atomic E-state index is 2.38. The van der Waals surface area contributed by atoms with Gasteiger partial charge in [-0.25, -0.2) is 0 Å². The van der Waals surface area contributed by atoms with E-state index in [1.54, 1.807) is 0 Å². The monoisotopic (exact) mass is 650 g/mol. The molecule has 1 unspecified atom stereocenters. The summed E-state index contributed by atoms with van der Waals surface area (Å²) in [6.45, 7) is 0. The molecule has 0 aliphatic carbocycles. The first-order valence-electron chi connectivity index (χ1n) is 17.6. The quantitative estimate of drug-likeness (QED) is 0.159. The van der Waals surface area contributed by atoms with Gasteiger partial charge in [-0.1, -0.05) is 146 Å². The second-order valence-electron chi connectivity index (χ2n) is 13.3. The topological polar surface area (TPSA) is 9.86 Å². The van der Waals surface area contributed by atoms with Crippen LogP contribution >= 0.6 is 0 Å². The van der Waals surface area contributed by atoms with E-state index in [4.69, 9.17) is 0 Å². The predicted octanol–water partition coefficient (Wildman–Crippen LogP) is 12.7. The highest BCUT2D eigenvalue weighted by Crippen LogP contribution is 2.38. The number of hydrogen-bond donors (Lipinski definition) is 0. The van der Waals surface area contributed by atoms with Crippen LogP contribution in [0.1, 0.15) is 22.6 Å². The molecule has 0 aliphatic rings. The molecule has 0 aliphatic heterocycles. The summed E-state index contributed by atoms with van der Waals surface area (Å²) in [5, 5.41) is 5.09.